The zero-order valence-corrected chi connectivity index (χ0v) is 19.5. The number of nitrogens with zero attached hydrogens (tertiary/aromatic N) is 3. The fourth-order valence-electron chi connectivity index (χ4n) is 5.14. The minimum absolute atomic E-state index is 0.0154. The van der Waals surface area contributed by atoms with E-state index >= 15 is 0 Å². The summed E-state index contributed by atoms with van der Waals surface area (Å²) in [6.45, 7) is 1.05. The van der Waals surface area contributed by atoms with Gasteiger partial charge in [-0.05, 0) is 36.4 Å². The predicted octanol–water partition coefficient (Wildman–Crippen LogP) is 2.22. The molecule has 184 valence electrons. The number of urea groups is 1. The average molecular weight is 483 g/mol. The number of phenols is 1. The Bertz CT molecular complexity index is 1310. The molecule has 0 saturated carbocycles. The van der Waals surface area contributed by atoms with Crippen molar-refractivity contribution < 1.29 is 28.9 Å². The first-order valence-electron chi connectivity index (χ1n) is 11.4. The van der Waals surface area contributed by atoms with Crippen LogP contribution in [0.3, 0.4) is 0 Å². The topological polar surface area (TPSA) is 109 Å². The molecular weight excluding hydrogens is 455 g/mol. The molecule has 0 radical (unpaired) electrons. The van der Waals surface area contributed by atoms with Crippen LogP contribution in [-0.2, 0) is 11.2 Å². The van der Waals surface area contributed by atoms with E-state index in [-0.39, 0.29) is 37.0 Å². The van der Waals surface area contributed by atoms with Crippen LogP contribution in [-0.4, -0.2) is 88.3 Å². The van der Waals surface area contributed by atoms with Crippen molar-refractivity contribution in [1.29, 1.82) is 0 Å². The third kappa shape index (κ3) is 3.78. The van der Waals surface area contributed by atoms with Gasteiger partial charge in [-0.1, -0.05) is 12.1 Å². The maximum absolute atomic E-state index is 14.4. The predicted molar refractivity (Wildman–Crippen MR) is 126 cm³/mol. The Balaban J connectivity index is 1.61. The highest BCUT2D eigenvalue weighted by molar-refractivity contribution is 6.05. The summed E-state index contributed by atoms with van der Waals surface area (Å²) in [5.74, 6) is -0.682. The third-order valence-electron chi connectivity index (χ3n) is 6.87. The first kappa shape index (κ1) is 23.1. The smallest absolute Gasteiger partial charge is 0.328 e. The Hall–Kier alpha value is -3.63. The number of aliphatic hydroxyl groups excluding tert-OH is 1. The number of hydrogen-bond donors (Lipinski definition) is 3. The van der Waals surface area contributed by atoms with E-state index in [0.29, 0.717) is 29.9 Å². The molecule has 10 heteroatoms. The van der Waals surface area contributed by atoms with Crippen molar-refractivity contribution in [2.24, 2.45) is 0 Å². The van der Waals surface area contributed by atoms with Crippen LogP contribution in [0.2, 0.25) is 0 Å². The van der Waals surface area contributed by atoms with Gasteiger partial charge in [-0.2, -0.15) is 0 Å². The third-order valence-corrected chi connectivity index (χ3v) is 6.87. The lowest BCUT2D eigenvalue weighted by atomic mass is 9.88. The molecule has 3 heterocycles. The lowest BCUT2D eigenvalue weighted by molar-refractivity contribution is -0.128. The molecule has 35 heavy (non-hydrogen) atoms. The number of carbonyl (C=O) groups excluding carboxylic acids is 2. The Kier molecular flexibility index (Phi) is 5.86. The van der Waals surface area contributed by atoms with Crippen LogP contribution in [0.15, 0.2) is 36.4 Å². The molecule has 1 fully saturated rings. The zero-order chi connectivity index (χ0) is 24.9. The quantitative estimate of drug-likeness (QED) is 0.446. The number of phenolic OH excluding ortho intramolecular Hbond substituents is 1. The number of imide groups is 1. The van der Waals surface area contributed by atoms with Crippen LogP contribution in [0.5, 0.6) is 11.5 Å². The van der Waals surface area contributed by atoms with Gasteiger partial charge >= 0.3 is 6.03 Å². The van der Waals surface area contributed by atoms with Crippen molar-refractivity contribution in [3.8, 4) is 11.5 Å². The molecule has 9 nitrogen and oxygen atoms in total. The number of amides is 3. The molecular formula is C25H27FN4O5. The highest BCUT2D eigenvalue weighted by Gasteiger charge is 2.52. The minimum Gasteiger partial charge on any atom is -0.508 e. The number of hydrogen-bond acceptors (Lipinski definition) is 6. The van der Waals surface area contributed by atoms with E-state index in [4.69, 9.17) is 9.84 Å². The number of benzene rings is 2. The van der Waals surface area contributed by atoms with E-state index in [1.165, 1.54) is 24.1 Å². The monoisotopic (exact) mass is 482 g/mol. The standard InChI is InChI=1S/C25H27FN4O5/c1-28(8-9-31)6-7-29-24(33)20-11-17-16-12-21(35-2)18(26)13-19(16)27-22(17)23(30(20)25(29)34)14-4-3-5-15(32)10-14/h3-5,10,12-13,20,23,27,31-32H,6-9,11H2,1-2H3/t20-,23+/m0/s1. The summed E-state index contributed by atoms with van der Waals surface area (Å²) in [6, 6.07) is 7.72. The van der Waals surface area contributed by atoms with Gasteiger partial charge < -0.3 is 24.8 Å². The fourth-order valence-corrected chi connectivity index (χ4v) is 5.14. The Morgan fingerprint density at radius 2 is 2.03 bits per heavy atom. The van der Waals surface area contributed by atoms with Crippen molar-refractivity contribution in [1.82, 2.24) is 19.7 Å². The molecule has 0 aliphatic carbocycles. The van der Waals surface area contributed by atoms with E-state index in [0.717, 1.165) is 10.9 Å². The van der Waals surface area contributed by atoms with Crippen LogP contribution in [0.25, 0.3) is 10.9 Å². The molecule has 2 atom stereocenters. The number of aromatic nitrogens is 1. The second-order valence-corrected chi connectivity index (χ2v) is 8.97. The number of halogens is 1. The molecule has 2 aliphatic rings. The second kappa shape index (κ2) is 8.86. The number of rotatable bonds is 7. The van der Waals surface area contributed by atoms with Gasteiger partial charge in [0.1, 0.15) is 17.8 Å². The largest absolute Gasteiger partial charge is 0.508 e. The fraction of sp³-hybridized carbons (Fsp3) is 0.360. The maximum atomic E-state index is 14.4. The van der Waals surface area contributed by atoms with Gasteiger partial charge in [0.15, 0.2) is 11.6 Å². The molecule has 0 unspecified atom stereocenters. The number of carbonyl (C=O) groups is 2. The lowest BCUT2D eigenvalue weighted by Crippen LogP contribution is -2.44. The van der Waals surface area contributed by atoms with Gasteiger partial charge in [-0.25, -0.2) is 9.18 Å². The van der Waals surface area contributed by atoms with Gasteiger partial charge in [-0.15, -0.1) is 0 Å². The van der Waals surface area contributed by atoms with Crippen LogP contribution >= 0.6 is 0 Å². The van der Waals surface area contributed by atoms with E-state index in [2.05, 4.69) is 4.98 Å². The number of H-pyrrole nitrogens is 1. The number of aromatic amines is 1. The normalized spacial score (nSPS) is 19.6. The van der Waals surface area contributed by atoms with Gasteiger partial charge in [0, 0.05) is 48.7 Å². The number of fused-ring (bicyclic) bond motifs is 4. The first-order valence-corrected chi connectivity index (χ1v) is 11.4. The minimum atomic E-state index is -0.736. The number of aliphatic hydroxyl groups is 1. The summed E-state index contributed by atoms with van der Waals surface area (Å²) in [5, 5.41) is 20.0. The van der Waals surface area contributed by atoms with Crippen molar-refractivity contribution in [3.63, 3.8) is 0 Å². The average Bonchev–Trinajstić information content (AvgIpc) is 3.29. The van der Waals surface area contributed by atoms with Crippen LogP contribution in [0.1, 0.15) is 22.9 Å². The number of aromatic hydroxyl groups is 1. The molecule has 0 bridgehead atoms. The maximum Gasteiger partial charge on any atom is 0.328 e. The Morgan fingerprint density at radius 1 is 1.23 bits per heavy atom. The molecule has 1 aromatic heterocycles. The van der Waals surface area contributed by atoms with Crippen molar-refractivity contribution in [3.05, 3.63) is 59.0 Å². The van der Waals surface area contributed by atoms with Gasteiger partial charge in [0.25, 0.3) is 5.91 Å². The number of nitrogens with one attached hydrogen (secondary N) is 1. The second-order valence-electron chi connectivity index (χ2n) is 8.97. The summed E-state index contributed by atoms with van der Waals surface area (Å²) in [5.41, 5.74) is 2.67. The molecule has 5 rings (SSSR count). The van der Waals surface area contributed by atoms with Crippen LogP contribution < -0.4 is 4.74 Å². The molecule has 1 saturated heterocycles. The zero-order valence-electron chi connectivity index (χ0n) is 19.5. The van der Waals surface area contributed by atoms with Crippen molar-refractivity contribution >= 4 is 22.8 Å². The van der Waals surface area contributed by atoms with E-state index < -0.39 is 23.9 Å². The SMILES string of the molecule is COc1cc2c3c([nH]c2cc1F)[C@@H](c1cccc(O)c1)N1C(=O)N(CCN(C)CCO)C(=O)[C@@H]1C3. The highest BCUT2D eigenvalue weighted by Crippen LogP contribution is 2.45. The number of likely N-dealkylation sites (N-methyl/N-ethyl adjacent to an activating group) is 1. The summed E-state index contributed by atoms with van der Waals surface area (Å²) in [4.78, 5) is 35.0. The highest BCUT2D eigenvalue weighted by atomic mass is 19.1. The molecule has 3 N–H and O–H groups in total. The molecule has 0 spiro atoms. The van der Waals surface area contributed by atoms with Crippen molar-refractivity contribution in [2.75, 3.05) is 40.4 Å². The molecule has 2 aromatic carbocycles. The summed E-state index contributed by atoms with van der Waals surface area (Å²) in [7, 11) is 3.21. The molecule has 3 amide bonds. The van der Waals surface area contributed by atoms with E-state index in [1.54, 1.807) is 29.2 Å². The van der Waals surface area contributed by atoms with Crippen LogP contribution in [0, 0.1) is 5.82 Å². The van der Waals surface area contributed by atoms with Crippen molar-refractivity contribution in [2.45, 2.75) is 18.5 Å². The summed E-state index contributed by atoms with van der Waals surface area (Å²) >= 11 is 0. The summed E-state index contributed by atoms with van der Waals surface area (Å²) in [6.07, 6.45) is 0.271. The van der Waals surface area contributed by atoms with E-state index in [9.17, 15) is 19.1 Å². The number of methoxy groups -OCH3 is 1. The molecule has 3 aromatic rings. The summed E-state index contributed by atoms with van der Waals surface area (Å²) < 4.78 is 19.6. The Labute approximate surface area is 201 Å². The molecule has 2 aliphatic heterocycles. The van der Waals surface area contributed by atoms with Crippen LogP contribution in [0.4, 0.5) is 9.18 Å². The first-order chi connectivity index (χ1) is 16.8. The lowest BCUT2D eigenvalue weighted by Gasteiger charge is -2.36. The number of ether oxygens (including phenoxy) is 1. The van der Waals surface area contributed by atoms with E-state index in [1.807, 2.05) is 11.9 Å². The van der Waals surface area contributed by atoms with Gasteiger partial charge in [0.2, 0.25) is 0 Å². The van der Waals surface area contributed by atoms with Gasteiger partial charge in [-0.3, -0.25) is 14.6 Å². The van der Waals surface area contributed by atoms with Gasteiger partial charge in [0.05, 0.1) is 13.7 Å². The Morgan fingerprint density at radius 3 is 2.74 bits per heavy atom.